The Morgan fingerprint density at radius 1 is 1.16 bits per heavy atom. The van der Waals surface area contributed by atoms with Gasteiger partial charge in [0.05, 0.1) is 5.56 Å². The average molecular weight is 254 g/mol. The van der Waals surface area contributed by atoms with Crippen molar-refractivity contribution in [2.24, 2.45) is 0 Å². The molecule has 0 radical (unpaired) electrons. The summed E-state index contributed by atoms with van der Waals surface area (Å²) in [5.74, 6) is 0.446. The fourth-order valence-corrected chi connectivity index (χ4v) is 1.68. The van der Waals surface area contributed by atoms with Crippen LogP contribution in [0.3, 0.4) is 0 Å². The Kier molecular flexibility index (Phi) is 3.98. The first-order valence-electron chi connectivity index (χ1n) is 5.89. The molecule has 0 aromatic heterocycles. The first-order chi connectivity index (χ1) is 9.22. The van der Waals surface area contributed by atoms with Crippen LogP contribution in [0.15, 0.2) is 61.2 Å². The molecule has 0 aliphatic heterocycles. The predicted octanol–water partition coefficient (Wildman–Crippen LogP) is 3.19. The number of phenolic OH excluding ortho intramolecular Hbond substituents is 1. The SMILES string of the molecule is C=CCOc1ccc(C(=O)c2ccccc2O)cc1. The zero-order valence-corrected chi connectivity index (χ0v) is 10.4. The summed E-state index contributed by atoms with van der Waals surface area (Å²) < 4.78 is 5.34. The summed E-state index contributed by atoms with van der Waals surface area (Å²) in [6.45, 7) is 3.99. The van der Waals surface area contributed by atoms with Crippen LogP contribution in [0.4, 0.5) is 0 Å². The van der Waals surface area contributed by atoms with Crippen molar-refractivity contribution in [2.75, 3.05) is 6.61 Å². The molecule has 96 valence electrons. The first kappa shape index (κ1) is 12.9. The van der Waals surface area contributed by atoms with Crippen molar-refractivity contribution in [2.45, 2.75) is 0 Å². The lowest BCUT2D eigenvalue weighted by Crippen LogP contribution is -2.01. The summed E-state index contributed by atoms with van der Waals surface area (Å²) >= 11 is 0. The van der Waals surface area contributed by atoms with Crippen LogP contribution in [0.5, 0.6) is 11.5 Å². The highest BCUT2D eigenvalue weighted by Gasteiger charge is 2.12. The molecule has 0 aliphatic rings. The van der Waals surface area contributed by atoms with Crippen molar-refractivity contribution >= 4 is 5.78 Å². The molecule has 0 amide bonds. The monoisotopic (exact) mass is 254 g/mol. The molecular weight excluding hydrogens is 240 g/mol. The van der Waals surface area contributed by atoms with Gasteiger partial charge in [-0.25, -0.2) is 0 Å². The molecular formula is C16H14O3. The van der Waals surface area contributed by atoms with Gasteiger partial charge in [-0.3, -0.25) is 4.79 Å². The highest BCUT2D eigenvalue weighted by Crippen LogP contribution is 2.21. The van der Waals surface area contributed by atoms with Gasteiger partial charge in [0.15, 0.2) is 5.78 Å². The van der Waals surface area contributed by atoms with Crippen molar-refractivity contribution < 1.29 is 14.6 Å². The summed E-state index contributed by atoms with van der Waals surface area (Å²) in [5, 5.41) is 9.66. The molecule has 0 atom stereocenters. The van der Waals surface area contributed by atoms with E-state index in [0.29, 0.717) is 23.5 Å². The lowest BCUT2D eigenvalue weighted by atomic mass is 10.0. The summed E-state index contributed by atoms with van der Waals surface area (Å²) in [6.07, 6.45) is 1.65. The molecule has 1 N–H and O–H groups in total. The van der Waals surface area contributed by atoms with Crippen LogP contribution in [0.1, 0.15) is 15.9 Å². The van der Waals surface area contributed by atoms with E-state index in [2.05, 4.69) is 6.58 Å². The number of phenols is 1. The lowest BCUT2D eigenvalue weighted by molar-refractivity contribution is 0.103. The number of ether oxygens (including phenoxy) is 1. The third-order valence-electron chi connectivity index (χ3n) is 2.63. The van der Waals surface area contributed by atoms with Crippen molar-refractivity contribution in [1.82, 2.24) is 0 Å². The molecule has 0 heterocycles. The molecule has 2 aromatic carbocycles. The van der Waals surface area contributed by atoms with Gasteiger partial charge >= 0.3 is 0 Å². The lowest BCUT2D eigenvalue weighted by Gasteiger charge is -2.06. The number of ketones is 1. The molecule has 0 saturated carbocycles. The number of para-hydroxylation sites is 1. The van der Waals surface area contributed by atoms with Crippen LogP contribution in [0.25, 0.3) is 0 Å². The van der Waals surface area contributed by atoms with Gasteiger partial charge in [-0.1, -0.05) is 24.8 Å². The summed E-state index contributed by atoms with van der Waals surface area (Å²) in [4.78, 5) is 12.2. The van der Waals surface area contributed by atoms with Gasteiger partial charge in [-0.15, -0.1) is 0 Å². The van der Waals surface area contributed by atoms with Crippen molar-refractivity contribution in [3.05, 3.63) is 72.3 Å². The number of hydrogen-bond acceptors (Lipinski definition) is 3. The van der Waals surface area contributed by atoms with Crippen LogP contribution >= 0.6 is 0 Å². The Bertz CT molecular complexity index is 585. The van der Waals surface area contributed by atoms with E-state index in [4.69, 9.17) is 4.74 Å². The maximum absolute atomic E-state index is 12.2. The van der Waals surface area contributed by atoms with Crippen LogP contribution < -0.4 is 4.74 Å². The Labute approximate surface area is 111 Å². The number of carbonyl (C=O) groups excluding carboxylic acids is 1. The number of aromatic hydroxyl groups is 1. The Balaban J connectivity index is 2.20. The van der Waals surface area contributed by atoms with Crippen molar-refractivity contribution in [3.63, 3.8) is 0 Å². The van der Waals surface area contributed by atoms with E-state index in [-0.39, 0.29) is 11.5 Å². The highest BCUT2D eigenvalue weighted by molar-refractivity contribution is 6.10. The molecule has 0 unspecified atom stereocenters. The third-order valence-corrected chi connectivity index (χ3v) is 2.63. The second-order valence-electron chi connectivity index (χ2n) is 3.97. The van der Waals surface area contributed by atoms with Gasteiger partial charge in [-0.05, 0) is 36.4 Å². The minimum absolute atomic E-state index is 0.0144. The fraction of sp³-hybridized carbons (Fsp3) is 0.0625. The smallest absolute Gasteiger partial charge is 0.196 e. The van der Waals surface area contributed by atoms with Crippen LogP contribution in [-0.2, 0) is 0 Å². The Morgan fingerprint density at radius 3 is 2.47 bits per heavy atom. The minimum Gasteiger partial charge on any atom is -0.507 e. The van der Waals surface area contributed by atoms with E-state index >= 15 is 0 Å². The van der Waals surface area contributed by atoms with E-state index in [0.717, 1.165) is 0 Å². The fourth-order valence-electron chi connectivity index (χ4n) is 1.68. The topological polar surface area (TPSA) is 46.5 Å². The molecule has 0 bridgehead atoms. The minimum atomic E-state index is -0.214. The maximum atomic E-state index is 12.2. The van der Waals surface area contributed by atoms with Gasteiger partial charge in [0, 0.05) is 5.56 Å². The molecule has 2 aromatic rings. The third kappa shape index (κ3) is 3.01. The Morgan fingerprint density at radius 2 is 1.84 bits per heavy atom. The molecule has 3 heteroatoms. The predicted molar refractivity (Wildman–Crippen MR) is 73.7 cm³/mol. The van der Waals surface area contributed by atoms with Crippen LogP contribution in [0, 0.1) is 0 Å². The van der Waals surface area contributed by atoms with Gasteiger partial charge in [0.25, 0.3) is 0 Å². The second-order valence-corrected chi connectivity index (χ2v) is 3.97. The normalized spacial score (nSPS) is 9.89. The standard InChI is InChI=1S/C16H14O3/c1-2-11-19-13-9-7-12(8-10-13)16(18)14-5-3-4-6-15(14)17/h2-10,17H,1,11H2. The van der Waals surface area contributed by atoms with E-state index in [1.807, 2.05) is 0 Å². The van der Waals surface area contributed by atoms with E-state index in [1.165, 1.54) is 6.07 Å². The molecule has 0 aliphatic carbocycles. The molecule has 19 heavy (non-hydrogen) atoms. The largest absolute Gasteiger partial charge is 0.507 e. The number of rotatable bonds is 5. The van der Waals surface area contributed by atoms with Gasteiger partial charge in [0.2, 0.25) is 0 Å². The molecule has 3 nitrogen and oxygen atoms in total. The summed E-state index contributed by atoms with van der Waals surface area (Å²) in [7, 11) is 0. The van der Waals surface area contributed by atoms with Crippen LogP contribution in [0.2, 0.25) is 0 Å². The molecule has 2 rings (SSSR count). The van der Waals surface area contributed by atoms with Crippen molar-refractivity contribution in [3.8, 4) is 11.5 Å². The first-order valence-corrected chi connectivity index (χ1v) is 5.89. The van der Waals surface area contributed by atoms with E-state index < -0.39 is 0 Å². The van der Waals surface area contributed by atoms with Gasteiger partial charge in [-0.2, -0.15) is 0 Å². The average Bonchev–Trinajstić information content (AvgIpc) is 2.45. The number of hydrogen-bond donors (Lipinski definition) is 1. The zero-order chi connectivity index (χ0) is 13.7. The molecule has 0 saturated heterocycles. The Hall–Kier alpha value is -2.55. The van der Waals surface area contributed by atoms with Crippen LogP contribution in [-0.4, -0.2) is 17.5 Å². The van der Waals surface area contributed by atoms with Gasteiger partial charge < -0.3 is 9.84 Å². The van der Waals surface area contributed by atoms with Crippen molar-refractivity contribution in [1.29, 1.82) is 0 Å². The summed E-state index contributed by atoms with van der Waals surface area (Å²) in [6, 6.07) is 13.3. The quantitative estimate of drug-likeness (QED) is 0.658. The molecule has 0 fully saturated rings. The second kappa shape index (κ2) is 5.87. The molecule has 0 spiro atoms. The number of benzene rings is 2. The highest BCUT2D eigenvalue weighted by atomic mass is 16.5. The van der Waals surface area contributed by atoms with E-state index in [9.17, 15) is 9.90 Å². The van der Waals surface area contributed by atoms with E-state index in [1.54, 1.807) is 48.5 Å². The zero-order valence-electron chi connectivity index (χ0n) is 10.4. The number of carbonyl (C=O) groups is 1. The van der Waals surface area contributed by atoms with Gasteiger partial charge in [0.1, 0.15) is 18.1 Å². The maximum Gasteiger partial charge on any atom is 0.196 e. The summed E-state index contributed by atoms with van der Waals surface area (Å²) in [5.41, 5.74) is 0.801.